The number of hydrogen-bond acceptors (Lipinski definition) is 3. The molecule has 1 rings (SSSR count). The lowest BCUT2D eigenvalue weighted by Gasteiger charge is -2.11. The van der Waals surface area contributed by atoms with Crippen molar-refractivity contribution in [3.05, 3.63) is 29.8 Å². The van der Waals surface area contributed by atoms with Crippen LogP contribution in [0.3, 0.4) is 0 Å². The van der Waals surface area contributed by atoms with Gasteiger partial charge >= 0.3 is 0 Å². The Hall–Kier alpha value is -1.06. The molecular formula is C11H17NO2. The summed E-state index contributed by atoms with van der Waals surface area (Å²) in [7, 11) is 0. The second-order valence-corrected chi connectivity index (χ2v) is 3.12. The van der Waals surface area contributed by atoms with Gasteiger partial charge in [-0.05, 0) is 31.0 Å². The maximum atomic E-state index is 8.76. The molecule has 0 aliphatic heterocycles. The Labute approximate surface area is 84.5 Å². The molecule has 3 N–H and O–H groups in total. The normalized spacial score (nSPS) is 12.5. The Morgan fingerprint density at radius 1 is 1.50 bits per heavy atom. The van der Waals surface area contributed by atoms with Gasteiger partial charge in [0.2, 0.25) is 0 Å². The molecule has 0 saturated heterocycles. The van der Waals surface area contributed by atoms with Crippen LogP contribution in [-0.4, -0.2) is 18.3 Å². The van der Waals surface area contributed by atoms with Gasteiger partial charge in [-0.1, -0.05) is 12.1 Å². The Kier molecular flexibility index (Phi) is 4.43. The highest BCUT2D eigenvalue weighted by Gasteiger charge is 2.05. The van der Waals surface area contributed by atoms with E-state index < -0.39 is 0 Å². The van der Waals surface area contributed by atoms with Crippen molar-refractivity contribution >= 4 is 0 Å². The summed E-state index contributed by atoms with van der Waals surface area (Å²) in [6, 6.07) is 7.57. The van der Waals surface area contributed by atoms with Crippen LogP contribution in [0.25, 0.3) is 0 Å². The molecule has 0 aromatic heterocycles. The Morgan fingerprint density at radius 3 is 2.93 bits per heavy atom. The quantitative estimate of drug-likeness (QED) is 0.748. The van der Waals surface area contributed by atoms with Crippen LogP contribution < -0.4 is 10.5 Å². The molecule has 0 bridgehead atoms. The molecular weight excluding hydrogens is 178 g/mol. The van der Waals surface area contributed by atoms with Gasteiger partial charge in [0.1, 0.15) is 5.75 Å². The van der Waals surface area contributed by atoms with Crippen molar-refractivity contribution in [3.63, 3.8) is 0 Å². The molecule has 1 aromatic rings. The van der Waals surface area contributed by atoms with E-state index in [2.05, 4.69) is 0 Å². The molecule has 3 heteroatoms. The van der Waals surface area contributed by atoms with Crippen LogP contribution in [0.5, 0.6) is 5.75 Å². The van der Waals surface area contributed by atoms with Gasteiger partial charge in [-0.3, -0.25) is 0 Å². The van der Waals surface area contributed by atoms with Crippen molar-refractivity contribution in [2.45, 2.75) is 19.4 Å². The summed E-state index contributed by atoms with van der Waals surface area (Å²) in [5.74, 6) is 0.832. The standard InChI is InChI=1S/C11H17NO2/c1-2-14-10-5-3-4-9(8-10)11(12)6-7-13/h3-5,8,11,13H,2,6-7,12H2,1H3/t11-/m0/s1. The summed E-state index contributed by atoms with van der Waals surface area (Å²) in [6.07, 6.45) is 0.579. The Morgan fingerprint density at radius 2 is 2.29 bits per heavy atom. The minimum atomic E-state index is -0.111. The highest BCUT2D eigenvalue weighted by Crippen LogP contribution is 2.19. The summed E-state index contributed by atoms with van der Waals surface area (Å²) in [4.78, 5) is 0. The van der Waals surface area contributed by atoms with Crippen molar-refractivity contribution in [2.75, 3.05) is 13.2 Å². The second kappa shape index (κ2) is 5.62. The average Bonchev–Trinajstić information content (AvgIpc) is 2.19. The summed E-state index contributed by atoms with van der Waals surface area (Å²) in [5, 5.41) is 8.76. The number of aliphatic hydroxyl groups is 1. The van der Waals surface area contributed by atoms with E-state index in [9.17, 15) is 0 Å². The lowest BCUT2D eigenvalue weighted by Crippen LogP contribution is -2.11. The van der Waals surface area contributed by atoms with Gasteiger partial charge in [0, 0.05) is 12.6 Å². The van der Waals surface area contributed by atoms with Crippen molar-refractivity contribution in [1.29, 1.82) is 0 Å². The smallest absolute Gasteiger partial charge is 0.119 e. The largest absolute Gasteiger partial charge is 0.494 e. The lowest BCUT2D eigenvalue weighted by molar-refractivity contribution is 0.276. The predicted molar refractivity (Wildman–Crippen MR) is 56.2 cm³/mol. The fourth-order valence-corrected chi connectivity index (χ4v) is 1.31. The molecule has 0 amide bonds. The maximum Gasteiger partial charge on any atom is 0.119 e. The third-order valence-corrected chi connectivity index (χ3v) is 2.04. The van der Waals surface area contributed by atoms with Crippen LogP contribution in [0.1, 0.15) is 24.9 Å². The van der Waals surface area contributed by atoms with E-state index in [1.54, 1.807) is 0 Å². The first-order chi connectivity index (χ1) is 6.77. The molecule has 0 unspecified atom stereocenters. The Bertz CT molecular complexity index is 276. The fraction of sp³-hybridized carbons (Fsp3) is 0.455. The first-order valence-electron chi connectivity index (χ1n) is 4.87. The van der Waals surface area contributed by atoms with Crippen molar-refractivity contribution in [1.82, 2.24) is 0 Å². The molecule has 0 heterocycles. The van der Waals surface area contributed by atoms with E-state index in [4.69, 9.17) is 15.6 Å². The molecule has 0 fully saturated rings. The van der Waals surface area contributed by atoms with Gasteiger partial charge < -0.3 is 15.6 Å². The molecule has 3 nitrogen and oxygen atoms in total. The van der Waals surface area contributed by atoms with Gasteiger partial charge in [-0.15, -0.1) is 0 Å². The zero-order valence-electron chi connectivity index (χ0n) is 8.44. The molecule has 78 valence electrons. The van der Waals surface area contributed by atoms with Gasteiger partial charge in [-0.25, -0.2) is 0 Å². The van der Waals surface area contributed by atoms with Crippen LogP contribution >= 0.6 is 0 Å². The van der Waals surface area contributed by atoms with Crippen molar-refractivity contribution in [3.8, 4) is 5.75 Å². The van der Waals surface area contributed by atoms with Crippen LogP contribution in [-0.2, 0) is 0 Å². The number of nitrogens with two attached hydrogens (primary N) is 1. The van der Waals surface area contributed by atoms with E-state index in [-0.39, 0.29) is 12.6 Å². The third kappa shape index (κ3) is 3.01. The number of hydrogen-bond donors (Lipinski definition) is 2. The van der Waals surface area contributed by atoms with E-state index in [1.807, 2.05) is 31.2 Å². The summed E-state index contributed by atoms with van der Waals surface area (Å²) >= 11 is 0. The second-order valence-electron chi connectivity index (χ2n) is 3.12. The summed E-state index contributed by atoms with van der Waals surface area (Å²) < 4.78 is 5.36. The monoisotopic (exact) mass is 195 g/mol. The first-order valence-corrected chi connectivity index (χ1v) is 4.87. The number of ether oxygens (including phenoxy) is 1. The Balaban J connectivity index is 2.71. The zero-order valence-corrected chi connectivity index (χ0v) is 8.44. The molecule has 14 heavy (non-hydrogen) atoms. The molecule has 0 spiro atoms. The highest BCUT2D eigenvalue weighted by atomic mass is 16.5. The zero-order chi connectivity index (χ0) is 10.4. The molecule has 1 atom stereocenters. The number of benzene rings is 1. The van der Waals surface area contributed by atoms with E-state index >= 15 is 0 Å². The van der Waals surface area contributed by atoms with E-state index in [0.29, 0.717) is 13.0 Å². The topological polar surface area (TPSA) is 55.5 Å². The SMILES string of the molecule is CCOc1cccc([C@@H](N)CCO)c1. The van der Waals surface area contributed by atoms with Crippen LogP contribution in [0, 0.1) is 0 Å². The highest BCUT2D eigenvalue weighted by molar-refractivity contribution is 5.30. The molecule has 0 aliphatic rings. The molecule has 0 saturated carbocycles. The van der Waals surface area contributed by atoms with Gasteiger partial charge in [0.15, 0.2) is 0 Å². The van der Waals surface area contributed by atoms with Crippen LogP contribution in [0.4, 0.5) is 0 Å². The lowest BCUT2D eigenvalue weighted by atomic mass is 10.1. The van der Waals surface area contributed by atoms with Gasteiger partial charge in [-0.2, -0.15) is 0 Å². The van der Waals surface area contributed by atoms with Crippen LogP contribution in [0.15, 0.2) is 24.3 Å². The number of rotatable bonds is 5. The molecule has 1 aromatic carbocycles. The van der Waals surface area contributed by atoms with Gasteiger partial charge in [0.25, 0.3) is 0 Å². The average molecular weight is 195 g/mol. The van der Waals surface area contributed by atoms with Gasteiger partial charge in [0.05, 0.1) is 6.61 Å². The summed E-state index contributed by atoms with van der Waals surface area (Å²) in [6.45, 7) is 2.71. The minimum absolute atomic E-state index is 0.111. The first kappa shape index (κ1) is 11.0. The van der Waals surface area contributed by atoms with Crippen molar-refractivity contribution in [2.24, 2.45) is 5.73 Å². The molecule has 0 aliphatic carbocycles. The van der Waals surface area contributed by atoms with E-state index in [0.717, 1.165) is 11.3 Å². The number of aliphatic hydroxyl groups excluding tert-OH is 1. The van der Waals surface area contributed by atoms with E-state index in [1.165, 1.54) is 0 Å². The van der Waals surface area contributed by atoms with Crippen LogP contribution in [0.2, 0.25) is 0 Å². The maximum absolute atomic E-state index is 8.76. The predicted octanol–water partition coefficient (Wildman–Crippen LogP) is 1.47. The third-order valence-electron chi connectivity index (χ3n) is 2.04. The summed E-state index contributed by atoms with van der Waals surface area (Å²) in [5.41, 5.74) is 6.86. The van der Waals surface area contributed by atoms with Crippen molar-refractivity contribution < 1.29 is 9.84 Å². The molecule has 0 radical (unpaired) electrons. The minimum Gasteiger partial charge on any atom is -0.494 e. The fourth-order valence-electron chi connectivity index (χ4n) is 1.31.